The Balaban J connectivity index is 1.37. The summed E-state index contributed by atoms with van der Waals surface area (Å²) in [5, 5.41) is 8.34. The van der Waals surface area contributed by atoms with Crippen LogP contribution >= 0.6 is 11.6 Å². The zero-order valence-electron chi connectivity index (χ0n) is 23.7. The molecule has 1 unspecified atom stereocenters. The van der Waals surface area contributed by atoms with Crippen LogP contribution in [0.4, 0.5) is 5.69 Å². The van der Waals surface area contributed by atoms with Crippen molar-refractivity contribution in [1.29, 1.82) is 0 Å². The molecule has 4 amide bonds. The molecule has 0 bridgehead atoms. The Bertz CT molecular complexity index is 1290. The van der Waals surface area contributed by atoms with Crippen LogP contribution in [0.2, 0.25) is 5.02 Å². The molecule has 4 rings (SSSR count). The summed E-state index contributed by atoms with van der Waals surface area (Å²) < 4.78 is 11.2. The lowest BCUT2D eigenvalue weighted by Crippen LogP contribution is -2.56. The third-order valence-electron chi connectivity index (χ3n) is 6.99. The van der Waals surface area contributed by atoms with Gasteiger partial charge in [-0.25, -0.2) is 9.78 Å². The molecule has 0 radical (unpaired) electrons. The number of halogens is 1. The van der Waals surface area contributed by atoms with E-state index in [1.807, 2.05) is 30.3 Å². The molecule has 4 atom stereocenters. The van der Waals surface area contributed by atoms with Gasteiger partial charge in [-0.15, -0.1) is 0 Å². The maximum absolute atomic E-state index is 13.4. The lowest BCUT2D eigenvalue weighted by atomic mass is 10.1. The van der Waals surface area contributed by atoms with E-state index in [2.05, 4.69) is 16.0 Å². The Morgan fingerprint density at radius 3 is 2.62 bits per heavy atom. The van der Waals surface area contributed by atoms with Crippen molar-refractivity contribution in [3.05, 3.63) is 58.6 Å². The fourth-order valence-electron chi connectivity index (χ4n) is 4.88. The van der Waals surface area contributed by atoms with E-state index in [-0.39, 0.29) is 47.1 Å². The summed E-state index contributed by atoms with van der Waals surface area (Å²) in [6.07, 6.45) is 0.775. The van der Waals surface area contributed by atoms with Crippen molar-refractivity contribution < 1.29 is 38.4 Å². The molecule has 2 aromatic rings. The summed E-state index contributed by atoms with van der Waals surface area (Å²) >= 11 is 6.25. The molecule has 42 heavy (non-hydrogen) atoms. The minimum absolute atomic E-state index is 0.0908. The van der Waals surface area contributed by atoms with Crippen LogP contribution in [0.1, 0.15) is 49.0 Å². The van der Waals surface area contributed by atoms with Crippen molar-refractivity contribution in [3.63, 3.8) is 0 Å². The van der Waals surface area contributed by atoms with Crippen LogP contribution in [-0.2, 0) is 35.5 Å². The third kappa shape index (κ3) is 7.77. The molecular formula is C29H35ClN4O8. The standard InChI is InChI=1S/C29H35ClN4O8/c1-17(31-26(36)20-14-21(30)23(32-18(2)35)15-25(20)39-3)28(38)34-12-7-10-24(34)27(37)33-22-11-13-41-42-29(22)40-16-19-8-5-4-6-9-19/h4-6,8-9,14-15,17,22,24,29H,7,10-13,16H2,1-3H3,(H,31,36)(H,32,35)(H,33,37)/t17-,22?,24-,29+/m0/s1. The average Bonchev–Trinajstić information content (AvgIpc) is 3.47. The normalized spacial score (nSPS) is 20.9. The van der Waals surface area contributed by atoms with Crippen LogP contribution in [0, 0.1) is 0 Å². The van der Waals surface area contributed by atoms with Gasteiger partial charge >= 0.3 is 0 Å². The van der Waals surface area contributed by atoms with Crippen molar-refractivity contribution in [1.82, 2.24) is 15.5 Å². The molecular weight excluding hydrogens is 568 g/mol. The first kappa shape index (κ1) is 31.2. The predicted octanol–water partition coefficient (Wildman–Crippen LogP) is 2.80. The topological polar surface area (TPSA) is 145 Å². The van der Waals surface area contributed by atoms with E-state index >= 15 is 0 Å². The molecule has 0 aliphatic carbocycles. The lowest BCUT2D eigenvalue weighted by Gasteiger charge is -2.33. The van der Waals surface area contributed by atoms with E-state index in [4.69, 9.17) is 30.8 Å². The molecule has 2 heterocycles. The van der Waals surface area contributed by atoms with E-state index in [9.17, 15) is 19.2 Å². The second-order valence-electron chi connectivity index (χ2n) is 10.1. The van der Waals surface area contributed by atoms with Gasteiger partial charge in [-0.3, -0.25) is 19.2 Å². The summed E-state index contributed by atoms with van der Waals surface area (Å²) in [5.74, 6) is -1.49. The second kappa shape index (κ2) is 14.5. The van der Waals surface area contributed by atoms with Gasteiger partial charge in [-0.05, 0) is 37.8 Å². The highest BCUT2D eigenvalue weighted by Gasteiger charge is 2.39. The SMILES string of the molecule is COc1cc(NC(C)=O)c(Cl)cc1C(=O)N[C@@H](C)C(=O)N1CCC[C@H]1C(=O)NC1CCOO[C@H]1OCc1ccccc1. The highest BCUT2D eigenvalue weighted by atomic mass is 35.5. The van der Waals surface area contributed by atoms with Crippen LogP contribution in [0.3, 0.4) is 0 Å². The van der Waals surface area contributed by atoms with Crippen LogP contribution in [-0.4, -0.2) is 73.2 Å². The van der Waals surface area contributed by atoms with Gasteiger partial charge in [-0.1, -0.05) is 41.9 Å². The minimum Gasteiger partial charge on any atom is -0.496 e. The van der Waals surface area contributed by atoms with Crippen LogP contribution in [0.15, 0.2) is 42.5 Å². The Hall–Kier alpha value is -3.71. The molecule has 2 saturated heterocycles. The van der Waals surface area contributed by atoms with E-state index in [1.165, 1.54) is 31.1 Å². The lowest BCUT2D eigenvalue weighted by molar-refractivity contribution is -0.406. The third-order valence-corrected chi connectivity index (χ3v) is 7.30. The number of carbonyl (C=O) groups is 4. The molecule has 12 nitrogen and oxygen atoms in total. The Labute approximate surface area is 248 Å². The molecule has 2 fully saturated rings. The summed E-state index contributed by atoms with van der Waals surface area (Å²) in [4.78, 5) is 63.2. The fourth-order valence-corrected chi connectivity index (χ4v) is 5.09. The number of nitrogens with zero attached hydrogens (tertiary/aromatic N) is 1. The van der Waals surface area contributed by atoms with Gasteiger partial charge in [0.1, 0.15) is 17.8 Å². The van der Waals surface area contributed by atoms with E-state index in [0.29, 0.717) is 25.8 Å². The number of ether oxygens (including phenoxy) is 2. The van der Waals surface area contributed by atoms with Gasteiger partial charge in [-0.2, -0.15) is 0 Å². The number of hydrogen-bond donors (Lipinski definition) is 3. The largest absolute Gasteiger partial charge is 0.496 e. The first-order chi connectivity index (χ1) is 20.2. The maximum atomic E-state index is 13.4. The van der Waals surface area contributed by atoms with Gasteiger partial charge in [0, 0.05) is 19.5 Å². The maximum Gasteiger partial charge on any atom is 0.255 e. The Kier molecular flexibility index (Phi) is 10.7. The molecule has 0 saturated carbocycles. The van der Waals surface area contributed by atoms with Crippen LogP contribution in [0.5, 0.6) is 5.75 Å². The number of carbonyl (C=O) groups excluding carboxylic acids is 4. The molecule has 226 valence electrons. The van der Waals surface area contributed by atoms with Crippen molar-refractivity contribution >= 4 is 40.9 Å². The van der Waals surface area contributed by atoms with Crippen molar-refractivity contribution in [2.24, 2.45) is 0 Å². The second-order valence-corrected chi connectivity index (χ2v) is 10.5. The van der Waals surface area contributed by atoms with Crippen LogP contribution < -0.4 is 20.7 Å². The predicted molar refractivity (Wildman–Crippen MR) is 153 cm³/mol. The molecule has 3 N–H and O–H groups in total. The van der Waals surface area contributed by atoms with Crippen molar-refractivity contribution in [2.75, 3.05) is 25.6 Å². The van der Waals surface area contributed by atoms with E-state index in [0.717, 1.165) is 5.56 Å². The fraction of sp³-hybridized carbons (Fsp3) is 0.448. The first-order valence-corrected chi connectivity index (χ1v) is 14.1. The summed E-state index contributed by atoms with van der Waals surface area (Å²) in [7, 11) is 1.38. The van der Waals surface area contributed by atoms with Crippen molar-refractivity contribution in [2.45, 2.75) is 64.1 Å². The Morgan fingerprint density at radius 1 is 1.14 bits per heavy atom. The number of anilines is 1. The number of amides is 4. The number of hydrogen-bond acceptors (Lipinski definition) is 8. The summed E-state index contributed by atoms with van der Waals surface area (Å²) in [6.45, 7) is 3.81. The zero-order chi connectivity index (χ0) is 30.2. The number of benzene rings is 2. The van der Waals surface area contributed by atoms with Gasteiger partial charge in [0.05, 0.1) is 42.6 Å². The Morgan fingerprint density at radius 2 is 1.90 bits per heavy atom. The molecule has 2 aliphatic rings. The summed E-state index contributed by atoms with van der Waals surface area (Å²) in [5.41, 5.74) is 1.33. The summed E-state index contributed by atoms with van der Waals surface area (Å²) in [6, 6.07) is 10.2. The monoisotopic (exact) mass is 602 g/mol. The molecule has 2 aromatic carbocycles. The number of likely N-dealkylation sites (tertiary alicyclic amines) is 1. The first-order valence-electron chi connectivity index (χ1n) is 13.7. The van der Waals surface area contributed by atoms with E-state index in [1.54, 1.807) is 6.92 Å². The quantitative estimate of drug-likeness (QED) is 0.352. The van der Waals surface area contributed by atoms with Gasteiger partial charge in [0.25, 0.3) is 5.91 Å². The molecule has 0 spiro atoms. The molecule has 13 heteroatoms. The smallest absolute Gasteiger partial charge is 0.255 e. The van der Waals surface area contributed by atoms with Gasteiger partial charge in [0.15, 0.2) is 0 Å². The number of nitrogens with one attached hydrogen (secondary N) is 3. The molecule has 0 aromatic heterocycles. The van der Waals surface area contributed by atoms with Gasteiger partial charge < -0.3 is 30.3 Å². The number of methoxy groups -OCH3 is 1. The highest BCUT2D eigenvalue weighted by Crippen LogP contribution is 2.31. The van der Waals surface area contributed by atoms with Crippen molar-refractivity contribution in [3.8, 4) is 5.75 Å². The average molecular weight is 603 g/mol. The highest BCUT2D eigenvalue weighted by molar-refractivity contribution is 6.34. The zero-order valence-corrected chi connectivity index (χ0v) is 24.4. The van der Waals surface area contributed by atoms with Gasteiger partial charge in [0.2, 0.25) is 24.0 Å². The molecule has 2 aliphatic heterocycles. The van der Waals surface area contributed by atoms with E-state index < -0.39 is 36.2 Å². The minimum atomic E-state index is -0.947. The number of rotatable bonds is 10. The van der Waals surface area contributed by atoms with Crippen LogP contribution in [0.25, 0.3) is 0 Å².